The second-order valence-electron chi connectivity index (χ2n) is 16.5. The molecule has 3 N–H and O–H groups in total. The van der Waals surface area contributed by atoms with E-state index in [4.69, 9.17) is 4.74 Å². The van der Waals surface area contributed by atoms with Crippen LogP contribution < -0.4 is 5.32 Å². The lowest BCUT2D eigenvalue weighted by atomic mass is 10.0. The van der Waals surface area contributed by atoms with E-state index < -0.39 is 18.2 Å². The minimum atomic E-state index is -0.788. The van der Waals surface area contributed by atoms with Crippen molar-refractivity contribution in [1.82, 2.24) is 5.32 Å². The molecule has 6 nitrogen and oxygen atoms in total. The van der Waals surface area contributed by atoms with Crippen molar-refractivity contribution in [1.29, 1.82) is 0 Å². The van der Waals surface area contributed by atoms with Crippen LogP contribution in [0.25, 0.3) is 0 Å². The lowest BCUT2D eigenvalue weighted by Gasteiger charge is -2.24. The lowest BCUT2D eigenvalue weighted by Crippen LogP contribution is -2.46. The van der Waals surface area contributed by atoms with Crippen LogP contribution >= 0.6 is 0 Å². The molecule has 3 atom stereocenters. The largest absolute Gasteiger partial charge is 0.462 e. The standard InChI is InChI=1S/C49H93NO5/c1-4-7-10-13-16-19-22-23-24-25-26-27-29-32-35-38-41-47(52)46(44-51)50-48(53)43-45(40-37-34-31-28-20-17-14-11-8-5-2)55-49(54)42-39-36-33-30-21-18-15-12-9-6-3/h12,15,17,20,45-47,51-52H,4-11,13-14,16,18-19,21-44H2,1-3H3,(H,50,53)/b15-12-,20-17-. The molecule has 0 aliphatic rings. The highest BCUT2D eigenvalue weighted by molar-refractivity contribution is 5.77. The molecule has 0 saturated heterocycles. The SMILES string of the molecule is CCC/C=C\CCCCCCCC(=O)OC(CCCCC/C=C\CCCCC)CC(=O)NC(CO)C(O)CCCCCCCCCCCCCCCCCC. The van der Waals surface area contributed by atoms with Crippen LogP contribution in [0, 0.1) is 0 Å². The zero-order valence-corrected chi connectivity index (χ0v) is 36.8. The monoisotopic (exact) mass is 776 g/mol. The molecule has 324 valence electrons. The maximum atomic E-state index is 13.1. The van der Waals surface area contributed by atoms with Gasteiger partial charge in [-0.25, -0.2) is 0 Å². The van der Waals surface area contributed by atoms with E-state index in [0.29, 0.717) is 19.3 Å². The van der Waals surface area contributed by atoms with Crippen LogP contribution in [-0.2, 0) is 14.3 Å². The molecule has 0 fully saturated rings. The summed E-state index contributed by atoms with van der Waals surface area (Å²) in [7, 11) is 0. The number of rotatable bonds is 43. The third-order valence-corrected chi connectivity index (χ3v) is 11.0. The van der Waals surface area contributed by atoms with Gasteiger partial charge in [-0.15, -0.1) is 0 Å². The molecule has 0 aromatic heterocycles. The van der Waals surface area contributed by atoms with E-state index in [1.807, 2.05) is 0 Å². The highest BCUT2D eigenvalue weighted by Gasteiger charge is 2.24. The molecule has 0 aromatic rings. The van der Waals surface area contributed by atoms with Crippen molar-refractivity contribution < 1.29 is 24.5 Å². The number of hydrogen-bond acceptors (Lipinski definition) is 5. The number of amides is 1. The van der Waals surface area contributed by atoms with Crippen LogP contribution in [0.3, 0.4) is 0 Å². The van der Waals surface area contributed by atoms with Gasteiger partial charge in [-0.3, -0.25) is 9.59 Å². The van der Waals surface area contributed by atoms with Gasteiger partial charge in [0.05, 0.1) is 25.2 Å². The summed E-state index contributed by atoms with van der Waals surface area (Å²) in [6.45, 7) is 6.39. The van der Waals surface area contributed by atoms with Crippen LogP contribution in [0.15, 0.2) is 24.3 Å². The molecular weight excluding hydrogens is 683 g/mol. The van der Waals surface area contributed by atoms with Gasteiger partial charge >= 0.3 is 5.97 Å². The summed E-state index contributed by atoms with van der Waals surface area (Å²) in [5.74, 6) is -0.497. The molecule has 3 unspecified atom stereocenters. The first-order chi connectivity index (χ1) is 27.0. The molecule has 55 heavy (non-hydrogen) atoms. The van der Waals surface area contributed by atoms with Gasteiger partial charge in [0, 0.05) is 6.42 Å². The number of esters is 1. The Kier molecular flexibility index (Phi) is 42.2. The molecule has 1 amide bonds. The first kappa shape index (κ1) is 53.3. The number of ether oxygens (including phenoxy) is 1. The van der Waals surface area contributed by atoms with Crippen LogP contribution in [0.2, 0.25) is 0 Å². The Bertz CT molecular complexity index is 873. The van der Waals surface area contributed by atoms with Gasteiger partial charge in [-0.05, 0) is 70.6 Å². The number of unbranched alkanes of at least 4 members (excludes halogenated alkanes) is 27. The van der Waals surface area contributed by atoms with Crippen molar-refractivity contribution in [3.8, 4) is 0 Å². The smallest absolute Gasteiger partial charge is 0.306 e. The van der Waals surface area contributed by atoms with E-state index in [9.17, 15) is 19.8 Å². The molecule has 0 aliphatic carbocycles. The minimum absolute atomic E-state index is 0.0664. The highest BCUT2D eigenvalue weighted by atomic mass is 16.5. The van der Waals surface area contributed by atoms with Crippen molar-refractivity contribution in [3.63, 3.8) is 0 Å². The Hall–Kier alpha value is -1.66. The van der Waals surface area contributed by atoms with E-state index in [-0.39, 0.29) is 24.9 Å². The third-order valence-electron chi connectivity index (χ3n) is 11.0. The van der Waals surface area contributed by atoms with Gasteiger partial charge in [-0.2, -0.15) is 0 Å². The molecule has 0 rings (SSSR count). The van der Waals surface area contributed by atoms with Gasteiger partial charge in [-0.1, -0.05) is 193 Å². The second kappa shape index (κ2) is 43.5. The fourth-order valence-corrected chi connectivity index (χ4v) is 7.31. The quantitative estimate of drug-likeness (QED) is 0.0326. The molecule has 0 spiro atoms. The molecule has 0 radical (unpaired) electrons. The number of aliphatic hydroxyl groups is 2. The van der Waals surface area contributed by atoms with E-state index in [1.165, 1.54) is 128 Å². The number of nitrogens with one attached hydrogen (secondary N) is 1. The molecule has 6 heteroatoms. The van der Waals surface area contributed by atoms with Crippen LogP contribution in [0.1, 0.15) is 252 Å². The average Bonchev–Trinajstić information content (AvgIpc) is 3.18. The molecular formula is C49H93NO5. The van der Waals surface area contributed by atoms with Crippen molar-refractivity contribution in [2.75, 3.05) is 6.61 Å². The summed E-state index contributed by atoms with van der Waals surface area (Å²) >= 11 is 0. The Balaban J connectivity index is 4.46. The van der Waals surface area contributed by atoms with E-state index in [0.717, 1.165) is 77.0 Å². The van der Waals surface area contributed by atoms with Gasteiger partial charge in [0.25, 0.3) is 0 Å². The van der Waals surface area contributed by atoms with Crippen molar-refractivity contribution in [2.45, 2.75) is 270 Å². The van der Waals surface area contributed by atoms with Gasteiger partial charge in [0.15, 0.2) is 0 Å². The van der Waals surface area contributed by atoms with Crippen LogP contribution in [0.5, 0.6) is 0 Å². The second-order valence-corrected chi connectivity index (χ2v) is 16.5. The number of aliphatic hydroxyl groups excluding tert-OH is 2. The lowest BCUT2D eigenvalue weighted by molar-refractivity contribution is -0.151. The fraction of sp³-hybridized carbons (Fsp3) is 0.878. The summed E-state index contributed by atoms with van der Waals surface area (Å²) in [6, 6.07) is -0.702. The maximum Gasteiger partial charge on any atom is 0.306 e. The summed E-state index contributed by atoms with van der Waals surface area (Å²) in [4.78, 5) is 25.9. The topological polar surface area (TPSA) is 95.9 Å². The highest BCUT2D eigenvalue weighted by Crippen LogP contribution is 2.17. The summed E-state index contributed by atoms with van der Waals surface area (Å²) in [5, 5.41) is 23.7. The van der Waals surface area contributed by atoms with Crippen molar-refractivity contribution in [3.05, 3.63) is 24.3 Å². The Morgan fingerprint density at radius 1 is 0.509 bits per heavy atom. The average molecular weight is 776 g/mol. The Morgan fingerprint density at radius 3 is 1.42 bits per heavy atom. The van der Waals surface area contributed by atoms with Crippen molar-refractivity contribution in [2.24, 2.45) is 0 Å². The zero-order valence-electron chi connectivity index (χ0n) is 36.8. The number of allylic oxidation sites excluding steroid dienone is 4. The predicted molar refractivity (Wildman–Crippen MR) is 236 cm³/mol. The van der Waals surface area contributed by atoms with E-state index in [1.54, 1.807) is 0 Å². The predicted octanol–water partition coefficient (Wildman–Crippen LogP) is 14.0. The maximum absolute atomic E-state index is 13.1. The molecule has 0 bridgehead atoms. The zero-order chi connectivity index (χ0) is 40.3. The third kappa shape index (κ3) is 39.0. The van der Waals surface area contributed by atoms with Crippen LogP contribution in [0.4, 0.5) is 0 Å². The Labute approximate surface area is 341 Å². The Morgan fingerprint density at radius 2 is 0.909 bits per heavy atom. The number of hydrogen-bond donors (Lipinski definition) is 3. The minimum Gasteiger partial charge on any atom is -0.462 e. The van der Waals surface area contributed by atoms with Crippen LogP contribution in [-0.4, -0.2) is 46.9 Å². The molecule has 0 heterocycles. The number of carbonyl (C=O) groups is 2. The summed E-state index contributed by atoms with van der Waals surface area (Å²) in [5.41, 5.74) is 0. The molecule has 0 saturated carbocycles. The normalized spacial score (nSPS) is 13.5. The molecule has 0 aromatic carbocycles. The number of carbonyl (C=O) groups excluding carboxylic acids is 2. The summed E-state index contributed by atoms with van der Waals surface area (Å²) in [6.07, 6.45) is 48.1. The van der Waals surface area contributed by atoms with Gasteiger partial charge in [0.2, 0.25) is 5.91 Å². The molecule has 0 aliphatic heterocycles. The first-order valence-corrected chi connectivity index (χ1v) is 24.1. The van der Waals surface area contributed by atoms with Crippen molar-refractivity contribution >= 4 is 11.9 Å². The van der Waals surface area contributed by atoms with Gasteiger partial charge < -0.3 is 20.3 Å². The van der Waals surface area contributed by atoms with Gasteiger partial charge in [0.1, 0.15) is 6.10 Å². The fourth-order valence-electron chi connectivity index (χ4n) is 7.31. The summed E-state index contributed by atoms with van der Waals surface area (Å²) < 4.78 is 5.88. The first-order valence-electron chi connectivity index (χ1n) is 24.1. The van der Waals surface area contributed by atoms with E-state index in [2.05, 4.69) is 50.4 Å². The van der Waals surface area contributed by atoms with E-state index >= 15 is 0 Å².